The first-order chi connectivity index (χ1) is 9.28. The predicted molar refractivity (Wildman–Crippen MR) is 83.8 cm³/mol. The maximum absolute atomic E-state index is 5.83. The third kappa shape index (κ3) is 3.41. The first kappa shape index (κ1) is 14.2. The van der Waals surface area contributed by atoms with Crippen LogP contribution < -0.4 is 16.0 Å². The zero-order valence-electron chi connectivity index (χ0n) is 12.2. The molecule has 3 N–H and O–H groups in total. The van der Waals surface area contributed by atoms with Crippen molar-refractivity contribution in [3.05, 3.63) is 24.3 Å². The molecule has 2 rings (SSSR count). The fourth-order valence-corrected chi connectivity index (χ4v) is 3.08. The van der Waals surface area contributed by atoms with Crippen LogP contribution in [0.3, 0.4) is 0 Å². The standard InChI is InChI=1S/C16H27N3/c1-3-19(4-2)15-10-8-14(9-11-15)18-16-7-5-6-13(16)12-17/h8-11,13,16,18H,3-7,12,17H2,1-2H3. The number of hydrogen-bond donors (Lipinski definition) is 2. The van der Waals surface area contributed by atoms with Crippen molar-refractivity contribution in [3.8, 4) is 0 Å². The van der Waals surface area contributed by atoms with Crippen molar-refractivity contribution in [3.63, 3.8) is 0 Å². The van der Waals surface area contributed by atoms with Gasteiger partial charge in [-0.2, -0.15) is 0 Å². The first-order valence-electron chi connectivity index (χ1n) is 7.60. The number of nitrogens with two attached hydrogens (primary N) is 1. The largest absolute Gasteiger partial charge is 0.382 e. The fourth-order valence-electron chi connectivity index (χ4n) is 3.08. The van der Waals surface area contributed by atoms with Gasteiger partial charge in [-0.15, -0.1) is 0 Å². The maximum atomic E-state index is 5.83. The molecule has 1 aromatic rings. The van der Waals surface area contributed by atoms with Crippen LogP contribution in [0.5, 0.6) is 0 Å². The molecule has 3 nitrogen and oxygen atoms in total. The van der Waals surface area contributed by atoms with Crippen LogP contribution in [0.15, 0.2) is 24.3 Å². The summed E-state index contributed by atoms with van der Waals surface area (Å²) in [6.45, 7) is 7.30. The molecule has 0 saturated heterocycles. The van der Waals surface area contributed by atoms with Gasteiger partial charge in [-0.25, -0.2) is 0 Å². The molecule has 1 aliphatic carbocycles. The van der Waals surface area contributed by atoms with Crippen LogP contribution in [-0.4, -0.2) is 25.7 Å². The molecule has 0 spiro atoms. The van der Waals surface area contributed by atoms with Gasteiger partial charge in [0.05, 0.1) is 0 Å². The van der Waals surface area contributed by atoms with E-state index in [2.05, 4.69) is 48.3 Å². The maximum Gasteiger partial charge on any atom is 0.0367 e. The minimum atomic E-state index is 0.560. The Balaban J connectivity index is 1.98. The van der Waals surface area contributed by atoms with Crippen molar-refractivity contribution in [1.29, 1.82) is 0 Å². The number of hydrogen-bond acceptors (Lipinski definition) is 3. The van der Waals surface area contributed by atoms with Gasteiger partial charge in [-0.1, -0.05) is 6.42 Å². The van der Waals surface area contributed by atoms with Crippen LogP contribution in [0, 0.1) is 5.92 Å². The lowest BCUT2D eigenvalue weighted by atomic mass is 10.0. The van der Waals surface area contributed by atoms with Gasteiger partial charge in [0.1, 0.15) is 0 Å². The van der Waals surface area contributed by atoms with Crippen LogP contribution in [0.1, 0.15) is 33.1 Å². The van der Waals surface area contributed by atoms with Crippen LogP contribution in [0.2, 0.25) is 0 Å². The highest BCUT2D eigenvalue weighted by atomic mass is 15.1. The molecule has 1 aromatic carbocycles. The zero-order valence-corrected chi connectivity index (χ0v) is 12.2. The zero-order chi connectivity index (χ0) is 13.7. The highest BCUT2D eigenvalue weighted by Crippen LogP contribution is 2.28. The molecule has 2 atom stereocenters. The second-order valence-electron chi connectivity index (χ2n) is 5.40. The van der Waals surface area contributed by atoms with Gasteiger partial charge in [0.15, 0.2) is 0 Å². The fraction of sp³-hybridized carbons (Fsp3) is 0.625. The molecular weight excluding hydrogens is 234 g/mol. The molecule has 19 heavy (non-hydrogen) atoms. The van der Waals surface area contributed by atoms with E-state index in [0.29, 0.717) is 12.0 Å². The summed E-state index contributed by atoms with van der Waals surface area (Å²) >= 11 is 0. The highest BCUT2D eigenvalue weighted by Gasteiger charge is 2.25. The molecular formula is C16H27N3. The van der Waals surface area contributed by atoms with Crippen LogP contribution in [0.4, 0.5) is 11.4 Å². The second-order valence-corrected chi connectivity index (χ2v) is 5.40. The summed E-state index contributed by atoms with van der Waals surface area (Å²) < 4.78 is 0. The quantitative estimate of drug-likeness (QED) is 0.827. The van der Waals surface area contributed by atoms with Gasteiger partial charge in [0.25, 0.3) is 0 Å². The molecule has 3 heteroatoms. The van der Waals surface area contributed by atoms with E-state index in [1.807, 2.05) is 0 Å². The predicted octanol–water partition coefficient (Wildman–Crippen LogP) is 3.07. The lowest BCUT2D eigenvalue weighted by molar-refractivity contribution is 0.516. The van der Waals surface area contributed by atoms with Gasteiger partial charge in [0, 0.05) is 30.5 Å². The summed E-state index contributed by atoms with van der Waals surface area (Å²) in [5.74, 6) is 0.641. The smallest absolute Gasteiger partial charge is 0.0367 e. The van der Waals surface area contributed by atoms with Crippen molar-refractivity contribution in [1.82, 2.24) is 0 Å². The Labute approximate surface area is 117 Å². The van der Waals surface area contributed by atoms with E-state index in [9.17, 15) is 0 Å². The monoisotopic (exact) mass is 261 g/mol. The summed E-state index contributed by atoms with van der Waals surface area (Å²) in [5, 5.41) is 3.65. The summed E-state index contributed by atoms with van der Waals surface area (Å²) in [5.41, 5.74) is 8.36. The Bertz CT molecular complexity index is 370. The van der Waals surface area contributed by atoms with Crippen molar-refractivity contribution in [2.24, 2.45) is 11.7 Å². The van der Waals surface area contributed by atoms with Crippen molar-refractivity contribution in [2.75, 3.05) is 29.9 Å². The Morgan fingerprint density at radius 1 is 1.16 bits per heavy atom. The van der Waals surface area contributed by atoms with Crippen molar-refractivity contribution < 1.29 is 0 Å². The molecule has 1 aliphatic rings. The average Bonchev–Trinajstić information content (AvgIpc) is 2.89. The van der Waals surface area contributed by atoms with E-state index in [1.54, 1.807) is 0 Å². The van der Waals surface area contributed by atoms with Crippen molar-refractivity contribution >= 4 is 11.4 Å². The van der Waals surface area contributed by atoms with E-state index in [4.69, 9.17) is 5.73 Å². The van der Waals surface area contributed by atoms with Crippen molar-refractivity contribution in [2.45, 2.75) is 39.2 Å². The third-order valence-corrected chi connectivity index (χ3v) is 4.31. The minimum Gasteiger partial charge on any atom is -0.382 e. The Morgan fingerprint density at radius 2 is 1.84 bits per heavy atom. The SMILES string of the molecule is CCN(CC)c1ccc(NC2CCCC2CN)cc1. The van der Waals surface area contributed by atoms with Gasteiger partial charge in [0.2, 0.25) is 0 Å². The van der Waals surface area contributed by atoms with Crippen LogP contribution >= 0.6 is 0 Å². The van der Waals surface area contributed by atoms with Gasteiger partial charge >= 0.3 is 0 Å². The van der Waals surface area contributed by atoms with E-state index in [0.717, 1.165) is 19.6 Å². The van der Waals surface area contributed by atoms with E-state index >= 15 is 0 Å². The van der Waals surface area contributed by atoms with E-state index < -0.39 is 0 Å². The molecule has 0 heterocycles. The van der Waals surface area contributed by atoms with Crippen LogP contribution in [0.25, 0.3) is 0 Å². The Kier molecular flexibility index (Phi) is 5.08. The number of nitrogens with one attached hydrogen (secondary N) is 1. The van der Waals surface area contributed by atoms with E-state index in [1.165, 1.54) is 30.6 Å². The normalized spacial score (nSPS) is 22.5. The summed E-state index contributed by atoms with van der Waals surface area (Å²) in [6, 6.07) is 9.37. The number of benzene rings is 1. The second kappa shape index (κ2) is 6.80. The molecule has 106 valence electrons. The average molecular weight is 261 g/mol. The summed E-state index contributed by atoms with van der Waals surface area (Å²) in [6.07, 6.45) is 3.82. The third-order valence-electron chi connectivity index (χ3n) is 4.31. The summed E-state index contributed by atoms with van der Waals surface area (Å²) in [4.78, 5) is 2.36. The van der Waals surface area contributed by atoms with Gasteiger partial charge in [-0.3, -0.25) is 0 Å². The molecule has 0 radical (unpaired) electrons. The lowest BCUT2D eigenvalue weighted by Gasteiger charge is -2.23. The number of anilines is 2. The molecule has 1 saturated carbocycles. The van der Waals surface area contributed by atoms with E-state index in [-0.39, 0.29) is 0 Å². The molecule has 0 aromatic heterocycles. The van der Waals surface area contributed by atoms with Gasteiger partial charge < -0.3 is 16.0 Å². The number of rotatable bonds is 6. The topological polar surface area (TPSA) is 41.3 Å². The first-order valence-corrected chi connectivity index (χ1v) is 7.60. The number of nitrogens with zero attached hydrogens (tertiary/aromatic N) is 1. The molecule has 0 aliphatic heterocycles. The molecule has 0 amide bonds. The Hall–Kier alpha value is -1.22. The lowest BCUT2D eigenvalue weighted by Crippen LogP contribution is -2.29. The summed E-state index contributed by atoms with van der Waals surface area (Å²) in [7, 11) is 0. The molecule has 2 unspecified atom stereocenters. The van der Waals surface area contributed by atoms with Crippen LogP contribution in [-0.2, 0) is 0 Å². The highest BCUT2D eigenvalue weighted by molar-refractivity contribution is 5.55. The molecule has 1 fully saturated rings. The van der Waals surface area contributed by atoms with Gasteiger partial charge in [-0.05, 0) is 63.4 Å². The molecule has 0 bridgehead atoms. The minimum absolute atomic E-state index is 0.560. The Morgan fingerprint density at radius 3 is 2.42 bits per heavy atom.